The van der Waals surface area contributed by atoms with Crippen LogP contribution in [0.2, 0.25) is 5.02 Å². The van der Waals surface area contributed by atoms with Crippen LogP contribution in [0.1, 0.15) is 9.67 Å². The summed E-state index contributed by atoms with van der Waals surface area (Å²) in [5.74, 6) is -0.188. The van der Waals surface area contributed by atoms with Crippen molar-refractivity contribution in [2.75, 3.05) is 11.9 Å². The third-order valence-electron chi connectivity index (χ3n) is 4.02. The van der Waals surface area contributed by atoms with E-state index in [-0.39, 0.29) is 5.91 Å². The van der Waals surface area contributed by atoms with Gasteiger partial charge in [0.15, 0.2) is 0 Å². The van der Waals surface area contributed by atoms with Gasteiger partial charge in [-0.2, -0.15) is 0 Å². The molecule has 25 heavy (non-hydrogen) atoms. The van der Waals surface area contributed by atoms with Crippen LogP contribution in [-0.4, -0.2) is 13.0 Å². The van der Waals surface area contributed by atoms with Crippen molar-refractivity contribution in [1.82, 2.24) is 0 Å². The molecule has 0 atom stereocenters. The number of halogens is 1. The van der Waals surface area contributed by atoms with Gasteiger partial charge in [-0.3, -0.25) is 4.79 Å². The molecule has 4 aromatic rings. The molecule has 4 rings (SSSR count). The first-order valence-corrected chi connectivity index (χ1v) is 8.73. The molecule has 0 bridgehead atoms. The summed E-state index contributed by atoms with van der Waals surface area (Å²) in [5.41, 5.74) is 0.814. The third-order valence-corrected chi connectivity index (χ3v) is 5.42. The Morgan fingerprint density at radius 1 is 1.08 bits per heavy atom. The lowest BCUT2D eigenvalue weighted by atomic mass is 10.2. The van der Waals surface area contributed by atoms with Crippen LogP contribution in [0.4, 0.5) is 5.69 Å². The number of anilines is 1. The lowest BCUT2D eigenvalue weighted by Gasteiger charge is -2.16. The Morgan fingerprint density at radius 2 is 1.80 bits per heavy atom. The molecule has 1 amide bonds. The minimum Gasteiger partial charge on any atom is -0.422 e. The Balaban J connectivity index is 1.82. The monoisotopic (exact) mass is 369 g/mol. The molecule has 0 aliphatic carbocycles. The Morgan fingerprint density at radius 3 is 2.56 bits per heavy atom. The first-order valence-electron chi connectivity index (χ1n) is 7.53. The van der Waals surface area contributed by atoms with E-state index in [1.165, 1.54) is 16.2 Å². The van der Waals surface area contributed by atoms with Gasteiger partial charge in [-0.25, -0.2) is 4.79 Å². The number of carbonyl (C=O) groups is 1. The van der Waals surface area contributed by atoms with Crippen LogP contribution in [0, 0.1) is 0 Å². The number of rotatable bonds is 2. The van der Waals surface area contributed by atoms with Gasteiger partial charge in [0.2, 0.25) is 0 Å². The first kappa shape index (κ1) is 15.9. The minimum absolute atomic E-state index is 0.188. The van der Waals surface area contributed by atoms with Crippen LogP contribution in [0.3, 0.4) is 0 Å². The number of fused-ring (bicyclic) bond motifs is 3. The predicted molar refractivity (Wildman–Crippen MR) is 102 cm³/mol. The highest BCUT2D eigenvalue weighted by molar-refractivity contribution is 7.21. The molecular weight excluding hydrogens is 358 g/mol. The smallest absolute Gasteiger partial charge is 0.345 e. The third kappa shape index (κ3) is 2.71. The molecule has 2 aromatic carbocycles. The van der Waals surface area contributed by atoms with Crippen LogP contribution >= 0.6 is 22.9 Å². The van der Waals surface area contributed by atoms with E-state index in [0.717, 1.165) is 15.8 Å². The Hall–Kier alpha value is -2.63. The van der Waals surface area contributed by atoms with Gasteiger partial charge >= 0.3 is 5.63 Å². The number of para-hydroxylation sites is 1. The molecule has 0 fully saturated rings. The predicted octanol–water partition coefficient (Wildman–Crippen LogP) is 4.94. The molecule has 0 aliphatic heterocycles. The van der Waals surface area contributed by atoms with Crippen LogP contribution < -0.4 is 10.5 Å². The maximum atomic E-state index is 12.8. The highest BCUT2D eigenvalue weighted by Crippen LogP contribution is 2.31. The Kier molecular flexibility index (Phi) is 3.82. The molecule has 0 saturated heterocycles. The highest BCUT2D eigenvalue weighted by atomic mass is 35.5. The maximum Gasteiger partial charge on any atom is 0.345 e. The van der Waals surface area contributed by atoms with Gasteiger partial charge in [0.05, 0.1) is 15.0 Å². The topological polar surface area (TPSA) is 50.5 Å². The number of amides is 1. The van der Waals surface area contributed by atoms with Gasteiger partial charge in [-0.05, 0) is 42.5 Å². The molecular formula is C19H12ClNO3S. The van der Waals surface area contributed by atoms with E-state index in [1.807, 2.05) is 18.2 Å². The van der Waals surface area contributed by atoms with Gasteiger partial charge in [0, 0.05) is 23.1 Å². The average molecular weight is 370 g/mol. The van der Waals surface area contributed by atoms with E-state index in [9.17, 15) is 9.59 Å². The fourth-order valence-electron chi connectivity index (χ4n) is 2.69. The zero-order chi connectivity index (χ0) is 17.6. The molecule has 6 heteroatoms. The quantitative estimate of drug-likeness (QED) is 0.470. The molecule has 0 unspecified atom stereocenters. The Labute approximate surface area is 151 Å². The van der Waals surface area contributed by atoms with Crippen LogP contribution in [-0.2, 0) is 0 Å². The number of benzene rings is 2. The Bertz CT molecular complexity index is 1160. The fourth-order valence-corrected chi connectivity index (χ4v) is 3.97. The van der Waals surface area contributed by atoms with Crippen molar-refractivity contribution < 1.29 is 9.21 Å². The average Bonchev–Trinajstić information content (AvgIpc) is 3.07. The summed E-state index contributed by atoms with van der Waals surface area (Å²) < 4.78 is 6.10. The number of thiophene rings is 1. The van der Waals surface area contributed by atoms with Gasteiger partial charge in [0.1, 0.15) is 5.58 Å². The molecule has 124 valence electrons. The molecule has 0 aliphatic rings. The summed E-state index contributed by atoms with van der Waals surface area (Å²) >= 11 is 7.19. The summed E-state index contributed by atoms with van der Waals surface area (Å²) in [6, 6.07) is 15.9. The summed E-state index contributed by atoms with van der Waals surface area (Å²) in [6.45, 7) is 0. The summed E-state index contributed by atoms with van der Waals surface area (Å²) in [6.07, 6.45) is 0. The van der Waals surface area contributed by atoms with Crippen molar-refractivity contribution in [3.8, 4) is 0 Å². The second-order valence-corrected chi connectivity index (χ2v) is 7.07. The maximum absolute atomic E-state index is 12.8. The second kappa shape index (κ2) is 6.02. The molecule has 2 heterocycles. The molecule has 0 radical (unpaired) electrons. The minimum atomic E-state index is -0.432. The molecule has 4 nitrogen and oxygen atoms in total. The summed E-state index contributed by atoms with van der Waals surface area (Å²) in [4.78, 5) is 27.0. The standard InChI is InChI=1S/C19H12ClNO3S/c1-21(12-8-6-11(20)7-9-12)18(22)16-10-14-17(25-16)13-4-2-3-5-15(13)24-19(14)23/h2-10H,1H3. The molecule has 0 saturated carbocycles. The molecule has 0 N–H and O–H groups in total. The number of carbonyl (C=O) groups excluding carboxylic acids is 1. The van der Waals surface area contributed by atoms with Gasteiger partial charge in [0.25, 0.3) is 5.91 Å². The van der Waals surface area contributed by atoms with Crippen LogP contribution in [0.15, 0.2) is 63.8 Å². The van der Waals surface area contributed by atoms with E-state index < -0.39 is 5.63 Å². The van der Waals surface area contributed by atoms with E-state index in [0.29, 0.717) is 20.9 Å². The van der Waals surface area contributed by atoms with Crippen molar-refractivity contribution in [2.45, 2.75) is 0 Å². The van der Waals surface area contributed by atoms with Gasteiger partial charge in [-0.15, -0.1) is 11.3 Å². The fraction of sp³-hybridized carbons (Fsp3) is 0.0526. The van der Waals surface area contributed by atoms with Crippen molar-refractivity contribution in [2.24, 2.45) is 0 Å². The van der Waals surface area contributed by atoms with Crippen molar-refractivity contribution in [1.29, 1.82) is 0 Å². The number of nitrogens with zero attached hydrogens (tertiary/aromatic N) is 1. The zero-order valence-electron chi connectivity index (χ0n) is 13.2. The van der Waals surface area contributed by atoms with Gasteiger partial charge < -0.3 is 9.32 Å². The van der Waals surface area contributed by atoms with E-state index in [2.05, 4.69) is 0 Å². The van der Waals surface area contributed by atoms with E-state index in [1.54, 1.807) is 43.4 Å². The van der Waals surface area contributed by atoms with Crippen molar-refractivity contribution in [3.05, 3.63) is 74.9 Å². The normalized spacial score (nSPS) is 11.1. The molecule has 0 spiro atoms. The lowest BCUT2D eigenvalue weighted by Crippen LogP contribution is -2.25. The zero-order valence-corrected chi connectivity index (χ0v) is 14.7. The number of hydrogen-bond donors (Lipinski definition) is 0. The van der Waals surface area contributed by atoms with Gasteiger partial charge in [-0.1, -0.05) is 23.7 Å². The van der Waals surface area contributed by atoms with Crippen LogP contribution in [0.5, 0.6) is 0 Å². The van der Waals surface area contributed by atoms with Crippen LogP contribution in [0.25, 0.3) is 21.1 Å². The van der Waals surface area contributed by atoms with Crippen molar-refractivity contribution >= 4 is 55.6 Å². The number of hydrogen-bond acceptors (Lipinski definition) is 4. The SMILES string of the molecule is CN(C(=O)c1cc2c(=O)oc3ccccc3c2s1)c1ccc(Cl)cc1. The van der Waals surface area contributed by atoms with E-state index in [4.69, 9.17) is 16.0 Å². The second-order valence-electron chi connectivity index (χ2n) is 5.58. The molecule has 2 aromatic heterocycles. The van der Waals surface area contributed by atoms with E-state index >= 15 is 0 Å². The highest BCUT2D eigenvalue weighted by Gasteiger charge is 2.19. The summed E-state index contributed by atoms with van der Waals surface area (Å²) in [7, 11) is 1.69. The lowest BCUT2D eigenvalue weighted by molar-refractivity contribution is 0.0997. The largest absolute Gasteiger partial charge is 0.422 e. The van der Waals surface area contributed by atoms with Crippen molar-refractivity contribution in [3.63, 3.8) is 0 Å². The first-order chi connectivity index (χ1) is 12.0. The summed E-state index contributed by atoms with van der Waals surface area (Å²) in [5, 5.41) is 1.86.